The average molecular weight is 300 g/mol. The van der Waals surface area contributed by atoms with Crippen molar-refractivity contribution in [2.24, 2.45) is 5.73 Å². The lowest BCUT2D eigenvalue weighted by atomic mass is 10.1. The zero-order valence-electron chi connectivity index (χ0n) is 11.8. The first kappa shape index (κ1) is 13.9. The highest BCUT2D eigenvalue weighted by molar-refractivity contribution is 7.99. The van der Waals surface area contributed by atoms with Crippen LogP contribution < -0.4 is 10.5 Å². The Bertz CT molecular complexity index is 769. The Morgan fingerprint density at radius 1 is 1.29 bits per heavy atom. The number of aromatic nitrogens is 3. The second kappa shape index (κ2) is 5.75. The van der Waals surface area contributed by atoms with E-state index in [0.717, 1.165) is 32.5 Å². The van der Waals surface area contributed by atoms with Gasteiger partial charge in [0.2, 0.25) is 0 Å². The van der Waals surface area contributed by atoms with Gasteiger partial charge >= 0.3 is 0 Å². The highest BCUT2D eigenvalue weighted by Gasteiger charge is 2.08. The number of nitrogens with two attached hydrogens (primary N) is 1. The summed E-state index contributed by atoms with van der Waals surface area (Å²) in [6, 6.07) is 9.67. The summed E-state index contributed by atoms with van der Waals surface area (Å²) in [5.74, 6) is 0.805. The maximum absolute atomic E-state index is 5.89. The van der Waals surface area contributed by atoms with Crippen molar-refractivity contribution in [3.63, 3.8) is 0 Å². The first-order chi connectivity index (χ1) is 10.2. The maximum atomic E-state index is 5.89. The van der Waals surface area contributed by atoms with E-state index in [0.29, 0.717) is 0 Å². The molecule has 0 aliphatic heterocycles. The van der Waals surface area contributed by atoms with Gasteiger partial charge in [-0.3, -0.25) is 0 Å². The van der Waals surface area contributed by atoms with Gasteiger partial charge in [-0.05, 0) is 48.5 Å². The van der Waals surface area contributed by atoms with Crippen molar-refractivity contribution < 1.29 is 4.74 Å². The monoisotopic (exact) mass is 300 g/mol. The van der Waals surface area contributed by atoms with Gasteiger partial charge in [-0.25, -0.2) is 9.97 Å². The third-order valence-electron chi connectivity index (χ3n) is 3.15. The Balaban J connectivity index is 1.89. The quantitative estimate of drug-likeness (QED) is 0.774. The fourth-order valence-electron chi connectivity index (χ4n) is 2.00. The number of hydrogen-bond acceptors (Lipinski definition) is 5. The van der Waals surface area contributed by atoms with Crippen LogP contribution in [0.25, 0.3) is 11.0 Å². The molecule has 1 unspecified atom stereocenters. The summed E-state index contributed by atoms with van der Waals surface area (Å²) in [6.07, 6.45) is 1.77. The molecule has 0 bridgehead atoms. The summed E-state index contributed by atoms with van der Waals surface area (Å²) >= 11 is 1.48. The molecule has 0 aliphatic carbocycles. The first-order valence-electron chi connectivity index (χ1n) is 6.59. The SMILES string of the molecule is COc1ccc2nc(Sc3cc(C(C)N)ccn3)[nH]c2c1. The molecule has 2 heterocycles. The van der Waals surface area contributed by atoms with Crippen LogP contribution in [-0.4, -0.2) is 22.1 Å². The molecular weight excluding hydrogens is 284 g/mol. The topological polar surface area (TPSA) is 76.8 Å². The van der Waals surface area contributed by atoms with Gasteiger partial charge in [-0.15, -0.1) is 0 Å². The van der Waals surface area contributed by atoms with Crippen LogP contribution in [-0.2, 0) is 0 Å². The number of H-pyrrole nitrogens is 1. The second-order valence-electron chi connectivity index (χ2n) is 4.74. The third-order valence-corrected chi connectivity index (χ3v) is 3.97. The molecule has 0 spiro atoms. The van der Waals surface area contributed by atoms with Crippen LogP contribution in [0.4, 0.5) is 0 Å². The van der Waals surface area contributed by atoms with E-state index < -0.39 is 0 Å². The Morgan fingerprint density at radius 3 is 2.90 bits per heavy atom. The maximum Gasteiger partial charge on any atom is 0.172 e. The van der Waals surface area contributed by atoms with Crippen LogP contribution >= 0.6 is 11.8 Å². The number of rotatable bonds is 4. The predicted octanol–water partition coefficient (Wildman–Crippen LogP) is 3.14. The van der Waals surface area contributed by atoms with Crippen molar-refractivity contribution in [3.8, 4) is 5.75 Å². The highest BCUT2D eigenvalue weighted by Crippen LogP contribution is 2.28. The molecule has 108 valence electrons. The summed E-state index contributed by atoms with van der Waals surface area (Å²) in [5, 5.41) is 1.67. The zero-order chi connectivity index (χ0) is 14.8. The first-order valence-corrected chi connectivity index (χ1v) is 7.40. The molecule has 1 aromatic carbocycles. The van der Waals surface area contributed by atoms with Crippen LogP contribution in [0.15, 0.2) is 46.7 Å². The van der Waals surface area contributed by atoms with E-state index in [2.05, 4.69) is 15.0 Å². The lowest BCUT2D eigenvalue weighted by molar-refractivity contribution is 0.415. The molecule has 21 heavy (non-hydrogen) atoms. The molecular formula is C15H16N4OS. The Kier molecular flexibility index (Phi) is 3.81. The van der Waals surface area contributed by atoms with E-state index in [9.17, 15) is 0 Å². The third kappa shape index (κ3) is 3.01. The number of aromatic amines is 1. The van der Waals surface area contributed by atoms with Crippen LogP contribution in [0.1, 0.15) is 18.5 Å². The number of methoxy groups -OCH3 is 1. The number of hydrogen-bond donors (Lipinski definition) is 2. The predicted molar refractivity (Wildman–Crippen MR) is 83.6 cm³/mol. The van der Waals surface area contributed by atoms with Crippen LogP contribution in [0.3, 0.4) is 0 Å². The number of imidazole rings is 1. The summed E-state index contributed by atoms with van der Waals surface area (Å²) in [6.45, 7) is 1.96. The molecule has 0 saturated carbocycles. The van der Waals surface area contributed by atoms with Gasteiger partial charge in [0.05, 0.1) is 18.1 Å². The molecule has 0 amide bonds. The fraction of sp³-hybridized carbons (Fsp3) is 0.200. The van der Waals surface area contributed by atoms with Crippen LogP contribution in [0.2, 0.25) is 0 Å². The Morgan fingerprint density at radius 2 is 2.14 bits per heavy atom. The van der Waals surface area contributed by atoms with E-state index in [-0.39, 0.29) is 6.04 Å². The van der Waals surface area contributed by atoms with Gasteiger partial charge in [-0.1, -0.05) is 0 Å². The summed E-state index contributed by atoms with van der Waals surface area (Å²) in [5.41, 5.74) is 8.80. The minimum absolute atomic E-state index is 0.00714. The number of fused-ring (bicyclic) bond motifs is 1. The minimum atomic E-state index is -0.00714. The molecule has 0 saturated heterocycles. The summed E-state index contributed by atoms with van der Waals surface area (Å²) in [4.78, 5) is 12.2. The van der Waals surface area contributed by atoms with E-state index in [1.165, 1.54) is 11.8 Å². The summed E-state index contributed by atoms with van der Waals surface area (Å²) in [7, 11) is 1.65. The molecule has 6 heteroatoms. The van der Waals surface area contributed by atoms with Gasteiger partial charge in [0.1, 0.15) is 10.8 Å². The minimum Gasteiger partial charge on any atom is -0.497 e. The van der Waals surface area contributed by atoms with Crippen LogP contribution in [0, 0.1) is 0 Å². The Hall–Kier alpha value is -2.05. The Labute approximate surface area is 126 Å². The van der Waals surface area contributed by atoms with Gasteiger partial charge < -0.3 is 15.5 Å². The zero-order valence-corrected chi connectivity index (χ0v) is 12.6. The van der Waals surface area contributed by atoms with Crippen molar-refractivity contribution >= 4 is 22.8 Å². The molecule has 1 atom stereocenters. The van der Waals surface area contributed by atoms with Crippen molar-refractivity contribution in [2.75, 3.05) is 7.11 Å². The standard InChI is InChI=1S/C15H16N4OS/c1-9(16)10-5-6-17-14(7-10)21-15-18-12-4-3-11(20-2)8-13(12)19-15/h3-9H,16H2,1-2H3,(H,18,19). The molecule has 3 N–H and O–H groups in total. The van der Waals surface area contributed by atoms with Gasteiger partial charge in [-0.2, -0.15) is 0 Å². The van der Waals surface area contributed by atoms with E-state index in [4.69, 9.17) is 10.5 Å². The van der Waals surface area contributed by atoms with E-state index in [1.54, 1.807) is 13.3 Å². The highest BCUT2D eigenvalue weighted by atomic mass is 32.2. The smallest absolute Gasteiger partial charge is 0.172 e. The normalized spacial score (nSPS) is 12.5. The number of benzene rings is 1. The number of nitrogens with one attached hydrogen (secondary N) is 1. The van der Waals surface area contributed by atoms with Crippen molar-refractivity contribution in [1.29, 1.82) is 0 Å². The molecule has 0 radical (unpaired) electrons. The van der Waals surface area contributed by atoms with Gasteiger partial charge in [0.25, 0.3) is 0 Å². The second-order valence-corrected chi connectivity index (χ2v) is 5.75. The lowest BCUT2D eigenvalue weighted by Gasteiger charge is -2.05. The number of ether oxygens (including phenoxy) is 1. The largest absolute Gasteiger partial charge is 0.497 e. The number of pyridine rings is 1. The molecule has 0 fully saturated rings. The van der Waals surface area contributed by atoms with Crippen molar-refractivity contribution in [3.05, 3.63) is 42.1 Å². The summed E-state index contributed by atoms with van der Waals surface area (Å²) < 4.78 is 5.21. The average Bonchev–Trinajstić information content (AvgIpc) is 2.88. The van der Waals surface area contributed by atoms with E-state index >= 15 is 0 Å². The van der Waals surface area contributed by atoms with Crippen LogP contribution in [0.5, 0.6) is 5.75 Å². The fourth-order valence-corrected chi connectivity index (χ4v) is 2.82. The van der Waals surface area contributed by atoms with E-state index in [1.807, 2.05) is 37.3 Å². The molecule has 5 nitrogen and oxygen atoms in total. The lowest BCUT2D eigenvalue weighted by Crippen LogP contribution is -2.04. The van der Waals surface area contributed by atoms with Gasteiger partial charge in [0, 0.05) is 18.3 Å². The van der Waals surface area contributed by atoms with Crippen molar-refractivity contribution in [2.45, 2.75) is 23.1 Å². The number of nitrogens with zero attached hydrogens (tertiary/aromatic N) is 2. The molecule has 0 aliphatic rings. The molecule has 2 aromatic heterocycles. The molecule has 3 aromatic rings. The molecule has 3 rings (SSSR count). The van der Waals surface area contributed by atoms with Crippen molar-refractivity contribution in [1.82, 2.24) is 15.0 Å². The van der Waals surface area contributed by atoms with Gasteiger partial charge in [0.15, 0.2) is 5.16 Å².